The zero-order valence-corrected chi connectivity index (χ0v) is 13.7. The van der Waals surface area contributed by atoms with E-state index in [0.717, 1.165) is 37.3 Å². The quantitative estimate of drug-likeness (QED) is 0.902. The molecule has 5 nitrogen and oxygen atoms in total. The molecule has 0 spiro atoms. The summed E-state index contributed by atoms with van der Waals surface area (Å²) in [6, 6.07) is 17.5. The van der Waals surface area contributed by atoms with Crippen LogP contribution in [0.15, 0.2) is 59.5 Å². The number of benzene rings is 2. The first-order valence-corrected chi connectivity index (χ1v) is 9.26. The van der Waals surface area contributed by atoms with E-state index in [1.54, 1.807) is 12.1 Å². The molecule has 0 amide bonds. The van der Waals surface area contributed by atoms with Gasteiger partial charge in [-0.05, 0) is 49.2 Å². The Morgan fingerprint density at radius 3 is 2.13 bits per heavy atom. The van der Waals surface area contributed by atoms with Gasteiger partial charge >= 0.3 is 0 Å². The van der Waals surface area contributed by atoms with E-state index >= 15 is 0 Å². The number of nitrogens with zero attached hydrogens (tertiary/aromatic N) is 1. The maximum absolute atomic E-state index is 11.3. The molecule has 1 heterocycles. The molecule has 1 aliphatic heterocycles. The smallest absolute Gasteiger partial charge is 0.238 e. The second kappa shape index (κ2) is 6.60. The summed E-state index contributed by atoms with van der Waals surface area (Å²) in [5.41, 5.74) is 2.19. The van der Waals surface area contributed by atoms with Crippen molar-refractivity contribution in [3.05, 3.63) is 54.6 Å². The van der Waals surface area contributed by atoms with E-state index in [0.29, 0.717) is 6.04 Å². The highest BCUT2D eigenvalue weighted by Crippen LogP contribution is 2.23. The maximum Gasteiger partial charge on any atom is 0.238 e. The lowest BCUT2D eigenvalue weighted by atomic mass is 10.0. The number of rotatable bonds is 4. The molecule has 0 unspecified atom stereocenters. The second-order valence-corrected chi connectivity index (χ2v) is 7.37. The molecule has 0 bridgehead atoms. The van der Waals surface area contributed by atoms with Gasteiger partial charge in [0.05, 0.1) is 4.90 Å². The summed E-state index contributed by atoms with van der Waals surface area (Å²) < 4.78 is 22.6. The predicted molar refractivity (Wildman–Crippen MR) is 93.1 cm³/mol. The van der Waals surface area contributed by atoms with E-state index in [-0.39, 0.29) is 4.90 Å². The zero-order valence-electron chi connectivity index (χ0n) is 12.9. The molecular weight excluding hydrogens is 310 g/mol. The molecule has 2 aromatic carbocycles. The standard InChI is InChI=1S/C17H21N3O2S/c18-23(21,22)17-8-6-16(7-9-17)20-12-10-15(11-13-20)19-14-4-2-1-3-5-14/h1-9,15,19H,10-13H2,(H2,18,21,22). The molecule has 1 aliphatic rings. The van der Waals surface area contributed by atoms with Gasteiger partial charge < -0.3 is 10.2 Å². The molecule has 3 rings (SSSR count). The van der Waals surface area contributed by atoms with Gasteiger partial charge in [-0.3, -0.25) is 0 Å². The minimum absolute atomic E-state index is 0.155. The van der Waals surface area contributed by atoms with E-state index in [9.17, 15) is 8.42 Å². The van der Waals surface area contributed by atoms with Crippen molar-refractivity contribution in [2.45, 2.75) is 23.8 Å². The maximum atomic E-state index is 11.3. The highest BCUT2D eigenvalue weighted by atomic mass is 32.2. The summed E-state index contributed by atoms with van der Waals surface area (Å²) in [6.07, 6.45) is 2.09. The lowest BCUT2D eigenvalue weighted by Crippen LogP contribution is -2.39. The number of primary sulfonamides is 1. The van der Waals surface area contributed by atoms with Crippen molar-refractivity contribution in [2.75, 3.05) is 23.3 Å². The van der Waals surface area contributed by atoms with Gasteiger partial charge in [-0.2, -0.15) is 0 Å². The van der Waals surface area contributed by atoms with Gasteiger partial charge in [0.2, 0.25) is 10.0 Å². The van der Waals surface area contributed by atoms with Gasteiger partial charge in [-0.1, -0.05) is 18.2 Å². The summed E-state index contributed by atoms with van der Waals surface area (Å²) in [5, 5.41) is 8.69. The summed E-state index contributed by atoms with van der Waals surface area (Å²) in [5.74, 6) is 0. The number of sulfonamides is 1. The fraction of sp³-hybridized carbons (Fsp3) is 0.294. The van der Waals surface area contributed by atoms with Crippen LogP contribution in [0.4, 0.5) is 11.4 Å². The van der Waals surface area contributed by atoms with Crippen molar-refractivity contribution < 1.29 is 8.42 Å². The first-order valence-electron chi connectivity index (χ1n) is 7.72. The Balaban J connectivity index is 1.58. The molecule has 1 saturated heterocycles. The summed E-state index contributed by atoms with van der Waals surface area (Å²) >= 11 is 0. The van der Waals surface area contributed by atoms with Gasteiger partial charge in [-0.25, -0.2) is 13.6 Å². The first-order chi connectivity index (χ1) is 11.0. The number of para-hydroxylation sites is 1. The molecule has 3 N–H and O–H groups in total. The SMILES string of the molecule is NS(=O)(=O)c1ccc(N2CCC(Nc3ccccc3)CC2)cc1. The average Bonchev–Trinajstić information content (AvgIpc) is 2.56. The van der Waals surface area contributed by atoms with Crippen molar-refractivity contribution >= 4 is 21.4 Å². The fourth-order valence-electron chi connectivity index (χ4n) is 2.90. The number of anilines is 2. The molecule has 6 heteroatoms. The number of nitrogens with two attached hydrogens (primary N) is 1. The van der Waals surface area contributed by atoms with Gasteiger partial charge in [0, 0.05) is 30.5 Å². The van der Waals surface area contributed by atoms with Crippen LogP contribution in [0.3, 0.4) is 0 Å². The predicted octanol–water partition coefficient (Wildman–Crippen LogP) is 2.41. The van der Waals surface area contributed by atoms with Crippen molar-refractivity contribution in [3.63, 3.8) is 0 Å². The molecule has 122 valence electrons. The Kier molecular flexibility index (Phi) is 4.54. The Bertz CT molecular complexity index is 737. The summed E-state index contributed by atoms with van der Waals surface area (Å²) in [4.78, 5) is 2.43. The van der Waals surface area contributed by atoms with Crippen LogP contribution in [0.25, 0.3) is 0 Å². The monoisotopic (exact) mass is 331 g/mol. The third-order valence-corrected chi connectivity index (χ3v) is 5.10. The Hall–Kier alpha value is -2.05. The largest absolute Gasteiger partial charge is 0.382 e. The van der Waals surface area contributed by atoms with Crippen LogP contribution >= 0.6 is 0 Å². The van der Waals surface area contributed by atoms with Crippen LogP contribution in [0.2, 0.25) is 0 Å². The Morgan fingerprint density at radius 2 is 1.57 bits per heavy atom. The molecule has 0 atom stereocenters. The van der Waals surface area contributed by atoms with Crippen molar-refractivity contribution in [3.8, 4) is 0 Å². The third kappa shape index (κ3) is 4.03. The molecule has 0 saturated carbocycles. The molecule has 0 radical (unpaired) electrons. The molecule has 0 aromatic heterocycles. The molecule has 0 aliphatic carbocycles. The second-order valence-electron chi connectivity index (χ2n) is 5.81. The molecule has 1 fully saturated rings. The van der Waals surface area contributed by atoms with Crippen molar-refractivity contribution in [1.29, 1.82) is 0 Å². The number of hydrogen-bond acceptors (Lipinski definition) is 4. The number of nitrogens with one attached hydrogen (secondary N) is 1. The number of hydrogen-bond donors (Lipinski definition) is 2. The van der Waals surface area contributed by atoms with Crippen LogP contribution in [-0.4, -0.2) is 27.5 Å². The first kappa shape index (κ1) is 15.8. The molecular formula is C17H21N3O2S. The lowest BCUT2D eigenvalue weighted by Gasteiger charge is -2.34. The van der Waals surface area contributed by atoms with Crippen LogP contribution < -0.4 is 15.4 Å². The van der Waals surface area contributed by atoms with E-state index in [1.807, 2.05) is 30.3 Å². The van der Waals surface area contributed by atoms with Crippen molar-refractivity contribution in [2.24, 2.45) is 5.14 Å². The fourth-order valence-corrected chi connectivity index (χ4v) is 3.41. The third-order valence-electron chi connectivity index (χ3n) is 4.17. The van der Waals surface area contributed by atoms with Crippen LogP contribution in [0.1, 0.15) is 12.8 Å². The van der Waals surface area contributed by atoms with Crippen molar-refractivity contribution in [1.82, 2.24) is 0 Å². The van der Waals surface area contributed by atoms with Gasteiger partial charge in [0.15, 0.2) is 0 Å². The average molecular weight is 331 g/mol. The Labute approximate surface area is 137 Å². The van der Waals surface area contributed by atoms with E-state index in [2.05, 4.69) is 22.3 Å². The lowest BCUT2D eigenvalue weighted by molar-refractivity contribution is 0.526. The van der Waals surface area contributed by atoms with Crippen LogP contribution in [0.5, 0.6) is 0 Å². The highest BCUT2D eigenvalue weighted by Gasteiger charge is 2.19. The molecule has 2 aromatic rings. The minimum atomic E-state index is -3.62. The van der Waals surface area contributed by atoms with E-state index in [1.165, 1.54) is 0 Å². The van der Waals surface area contributed by atoms with E-state index < -0.39 is 10.0 Å². The topological polar surface area (TPSA) is 75.4 Å². The van der Waals surface area contributed by atoms with Gasteiger partial charge in [0.25, 0.3) is 0 Å². The highest BCUT2D eigenvalue weighted by molar-refractivity contribution is 7.89. The summed E-state index contributed by atoms with van der Waals surface area (Å²) in [7, 11) is -3.62. The van der Waals surface area contributed by atoms with Crippen LogP contribution in [0, 0.1) is 0 Å². The zero-order chi connectivity index (χ0) is 16.3. The van der Waals surface area contributed by atoms with Gasteiger partial charge in [0.1, 0.15) is 0 Å². The summed E-state index contributed by atoms with van der Waals surface area (Å²) in [6.45, 7) is 1.89. The number of piperidine rings is 1. The van der Waals surface area contributed by atoms with E-state index in [4.69, 9.17) is 5.14 Å². The van der Waals surface area contributed by atoms with Gasteiger partial charge in [-0.15, -0.1) is 0 Å². The van der Waals surface area contributed by atoms with Crippen LogP contribution in [-0.2, 0) is 10.0 Å². The minimum Gasteiger partial charge on any atom is -0.382 e. The normalized spacial score (nSPS) is 16.3. The Morgan fingerprint density at radius 1 is 0.957 bits per heavy atom. The molecule has 23 heavy (non-hydrogen) atoms.